The number of benzene rings is 2. The molecule has 0 aliphatic rings. The molecular weight excluding hydrogens is 476 g/mol. The maximum absolute atomic E-state index is 12.1. The zero-order valence-electron chi connectivity index (χ0n) is 18.2. The lowest BCUT2D eigenvalue weighted by atomic mass is 10.2. The summed E-state index contributed by atoms with van der Waals surface area (Å²) in [6.45, 7) is 0.0693. The molecule has 15 nitrogen and oxygen atoms in total. The number of aromatic carboxylic acids is 2. The first kappa shape index (κ1) is 23.7. The van der Waals surface area contributed by atoms with Crippen molar-refractivity contribution in [3.8, 4) is 22.9 Å². The molecule has 0 saturated heterocycles. The topological polar surface area (TPSA) is 218 Å². The van der Waals surface area contributed by atoms with Gasteiger partial charge in [0.25, 0.3) is 0 Å². The Bertz CT molecular complexity index is 1350. The van der Waals surface area contributed by atoms with Gasteiger partial charge in [0.1, 0.15) is 34.0 Å². The number of aromatic nitrogens is 6. The number of hydrogen-bond donors (Lipinski definition) is 6. The average molecular weight is 494 g/mol. The van der Waals surface area contributed by atoms with Gasteiger partial charge >= 0.3 is 18.0 Å². The van der Waals surface area contributed by atoms with Crippen LogP contribution < -0.4 is 10.6 Å². The van der Waals surface area contributed by atoms with E-state index in [0.717, 1.165) is 0 Å². The maximum Gasteiger partial charge on any atom is 0.339 e. The van der Waals surface area contributed by atoms with Crippen LogP contribution in [0.1, 0.15) is 32.1 Å². The fourth-order valence-corrected chi connectivity index (χ4v) is 3.10. The third kappa shape index (κ3) is 5.19. The van der Waals surface area contributed by atoms with Crippen molar-refractivity contribution in [2.24, 2.45) is 0 Å². The Kier molecular flexibility index (Phi) is 6.44. The van der Waals surface area contributed by atoms with Crippen molar-refractivity contribution in [3.05, 3.63) is 71.3 Å². The molecule has 15 heteroatoms. The Hall–Kier alpha value is -5.47. The average Bonchev–Trinajstić information content (AvgIpc) is 3.51. The second kappa shape index (κ2) is 9.80. The Labute approximate surface area is 201 Å². The number of carboxylic acid groups (broad SMARTS) is 2. The van der Waals surface area contributed by atoms with Crippen LogP contribution in [0.15, 0.2) is 48.8 Å². The van der Waals surface area contributed by atoms with Gasteiger partial charge in [-0.05, 0) is 24.3 Å². The summed E-state index contributed by atoms with van der Waals surface area (Å²) < 4.78 is 2.64. The van der Waals surface area contributed by atoms with Crippen LogP contribution in [0.4, 0.5) is 4.79 Å². The van der Waals surface area contributed by atoms with Crippen LogP contribution in [0, 0.1) is 0 Å². The predicted octanol–water partition coefficient (Wildman–Crippen LogP) is 0.655. The molecule has 0 bridgehead atoms. The molecule has 4 rings (SSSR count). The van der Waals surface area contributed by atoms with Gasteiger partial charge in [-0.2, -0.15) is 0 Å². The molecule has 184 valence electrons. The number of phenols is 2. The fraction of sp³-hybridized carbons (Fsp3) is 0.0952. The minimum absolute atomic E-state index is 0.0346. The highest BCUT2D eigenvalue weighted by atomic mass is 16.4. The number of carbonyl (C=O) groups is 3. The highest BCUT2D eigenvalue weighted by Crippen LogP contribution is 2.22. The molecule has 0 saturated carbocycles. The van der Waals surface area contributed by atoms with Crippen LogP contribution in [0.3, 0.4) is 0 Å². The van der Waals surface area contributed by atoms with Crippen molar-refractivity contribution in [3.63, 3.8) is 0 Å². The van der Waals surface area contributed by atoms with E-state index in [1.807, 2.05) is 0 Å². The Balaban J connectivity index is 1.30. The number of nitrogens with one attached hydrogen (secondary N) is 2. The third-order valence-corrected chi connectivity index (χ3v) is 4.89. The van der Waals surface area contributed by atoms with Crippen molar-refractivity contribution in [2.75, 3.05) is 0 Å². The molecule has 0 atom stereocenters. The lowest BCUT2D eigenvalue weighted by Crippen LogP contribution is -2.34. The zero-order chi connectivity index (χ0) is 25.8. The molecule has 6 N–H and O–H groups in total. The first-order valence-electron chi connectivity index (χ1n) is 10.2. The van der Waals surface area contributed by atoms with Gasteiger partial charge in [-0.15, -0.1) is 10.2 Å². The molecule has 36 heavy (non-hydrogen) atoms. The summed E-state index contributed by atoms with van der Waals surface area (Å²) in [5, 5.41) is 58.4. The van der Waals surface area contributed by atoms with Crippen LogP contribution >= 0.6 is 0 Å². The number of amides is 2. The molecule has 0 spiro atoms. The normalized spacial score (nSPS) is 10.7. The molecule has 0 fully saturated rings. The molecule has 0 aliphatic heterocycles. The van der Waals surface area contributed by atoms with Crippen LogP contribution in [0.5, 0.6) is 11.5 Å². The van der Waals surface area contributed by atoms with Crippen LogP contribution in [-0.2, 0) is 13.1 Å². The summed E-state index contributed by atoms with van der Waals surface area (Å²) in [7, 11) is 0. The van der Waals surface area contributed by atoms with Crippen molar-refractivity contribution in [1.82, 2.24) is 40.6 Å². The quantitative estimate of drug-likeness (QED) is 0.200. The first-order valence-corrected chi connectivity index (χ1v) is 10.2. The highest BCUT2D eigenvalue weighted by Gasteiger charge is 2.13. The minimum atomic E-state index is -1.26. The molecule has 2 aromatic carbocycles. The van der Waals surface area contributed by atoms with Crippen LogP contribution in [-0.4, -0.2) is 68.4 Å². The standard InChI is InChI=1S/C21H18N8O7/c30-17-5-13(1-3-15(17)19(32)33)28-9-11(24-26-28)7-22-21(36)23-8-12-10-29(27-25-12)14-2-4-16(20(34)35)18(31)6-14/h1-6,9-10,30-31H,7-8H2,(H,32,33)(H,34,35)(H2,22,23,36). The summed E-state index contributed by atoms with van der Waals surface area (Å²) in [5.74, 6) is -3.35. The van der Waals surface area contributed by atoms with E-state index < -0.39 is 29.5 Å². The Morgan fingerprint density at radius 1 is 0.722 bits per heavy atom. The molecule has 4 aromatic rings. The number of aromatic hydroxyl groups is 2. The summed E-state index contributed by atoms with van der Waals surface area (Å²) in [6, 6.07) is 7.33. The molecular formula is C21H18N8O7. The van der Waals surface area contributed by atoms with Gasteiger partial charge in [0, 0.05) is 12.1 Å². The van der Waals surface area contributed by atoms with E-state index in [1.54, 1.807) is 0 Å². The number of carbonyl (C=O) groups excluding carboxylic acids is 1. The van der Waals surface area contributed by atoms with E-state index in [4.69, 9.17) is 10.2 Å². The second-order valence-electron chi connectivity index (χ2n) is 7.36. The van der Waals surface area contributed by atoms with E-state index in [0.29, 0.717) is 22.8 Å². The van der Waals surface area contributed by atoms with Crippen molar-refractivity contribution in [2.45, 2.75) is 13.1 Å². The molecule has 2 aromatic heterocycles. The van der Waals surface area contributed by atoms with E-state index in [1.165, 1.54) is 58.2 Å². The monoisotopic (exact) mass is 494 g/mol. The van der Waals surface area contributed by atoms with Crippen molar-refractivity contribution in [1.29, 1.82) is 0 Å². The summed E-state index contributed by atoms with van der Waals surface area (Å²) >= 11 is 0. The fourth-order valence-electron chi connectivity index (χ4n) is 3.10. The van der Waals surface area contributed by atoms with E-state index in [-0.39, 0.29) is 24.2 Å². The third-order valence-electron chi connectivity index (χ3n) is 4.89. The number of nitrogens with zero attached hydrogens (tertiary/aromatic N) is 6. The highest BCUT2D eigenvalue weighted by molar-refractivity contribution is 5.91. The van der Waals surface area contributed by atoms with Gasteiger partial charge < -0.3 is 31.1 Å². The largest absolute Gasteiger partial charge is 0.507 e. The van der Waals surface area contributed by atoms with E-state index in [9.17, 15) is 24.6 Å². The lowest BCUT2D eigenvalue weighted by Gasteiger charge is -2.05. The number of urea groups is 1. The maximum atomic E-state index is 12.1. The minimum Gasteiger partial charge on any atom is -0.507 e. The predicted molar refractivity (Wildman–Crippen MR) is 119 cm³/mol. The Morgan fingerprint density at radius 3 is 1.50 bits per heavy atom. The summed E-state index contributed by atoms with van der Waals surface area (Å²) in [5.41, 5.74) is 1.09. The number of rotatable bonds is 8. The van der Waals surface area contributed by atoms with Gasteiger partial charge in [0.05, 0.1) is 36.9 Å². The van der Waals surface area contributed by atoms with Gasteiger partial charge in [-0.1, -0.05) is 10.4 Å². The summed E-state index contributed by atoms with van der Waals surface area (Å²) in [6.07, 6.45) is 3.01. The van der Waals surface area contributed by atoms with Crippen LogP contribution in [0.25, 0.3) is 11.4 Å². The van der Waals surface area contributed by atoms with Crippen molar-refractivity contribution < 1.29 is 34.8 Å². The molecule has 0 unspecified atom stereocenters. The molecule has 2 amide bonds. The number of hydrogen-bond acceptors (Lipinski definition) is 9. The SMILES string of the molecule is O=C(NCc1cn(-c2ccc(C(=O)O)c(O)c2)nn1)NCc1cn(-c2ccc(C(=O)O)c(O)c2)nn1. The van der Waals surface area contributed by atoms with E-state index >= 15 is 0 Å². The van der Waals surface area contributed by atoms with Gasteiger partial charge in [0.2, 0.25) is 0 Å². The second-order valence-corrected chi connectivity index (χ2v) is 7.36. The van der Waals surface area contributed by atoms with Crippen LogP contribution in [0.2, 0.25) is 0 Å². The summed E-state index contributed by atoms with van der Waals surface area (Å²) in [4.78, 5) is 34.1. The first-order chi connectivity index (χ1) is 17.2. The smallest absolute Gasteiger partial charge is 0.339 e. The van der Waals surface area contributed by atoms with Gasteiger partial charge in [-0.25, -0.2) is 23.7 Å². The zero-order valence-corrected chi connectivity index (χ0v) is 18.2. The van der Waals surface area contributed by atoms with Crippen molar-refractivity contribution >= 4 is 18.0 Å². The van der Waals surface area contributed by atoms with E-state index in [2.05, 4.69) is 31.3 Å². The molecule has 0 radical (unpaired) electrons. The Morgan fingerprint density at radius 2 is 1.14 bits per heavy atom. The van der Waals surface area contributed by atoms with Gasteiger partial charge in [0.15, 0.2) is 0 Å². The molecule has 2 heterocycles. The molecule has 0 aliphatic carbocycles. The lowest BCUT2D eigenvalue weighted by molar-refractivity contribution is 0.0682. The number of carboxylic acids is 2. The van der Waals surface area contributed by atoms with Gasteiger partial charge in [-0.3, -0.25) is 0 Å².